The third-order valence-electron chi connectivity index (χ3n) is 5.58. The highest BCUT2D eigenvalue weighted by Crippen LogP contribution is 2.28. The lowest BCUT2D eigenvalue weighted by Gasteiger charge is -2.24. The molecule has 2 rings (SSSR count). The second-order valence-corrected chi connectivity index (χ2v) is 7.20. The highest BCUT2D eigenvalue weighted by Gasteiger charge is 2.29. The maximum Gasteiger partial charge on any atom is 0.193 e. The van der Waals surface area contributed by atoms with Crippen molar-refractivity contribution >= 4 is 29.9 Å². The maximum absolute atomic E-state index is 5.76. The standard InChI is InChI=1S/C19H37N3O2.HI/c1-4-17(5-2)18-7-10-22(13-18)19(20-3)21-9-6-11-23-14-16-8-12-24-15-16;/h16-18H,4-15H2,1-3H3,(H,20,21);1H. The Morgan fingerprint density at radius 1 is 1.32 bits per heavy atom. The Balaban J connectivity index is 0.00000312. The third kappa shape index (κ3) is 7.59. The lowest BCUT2D eigenvalue weighted by molar-refractivity contribution is 0.0887. The van der Waals surface area contributed by atoms with Crippen molar-refractivity contribution in [2.75, 3.05) is 53.1 Å². The molecule has 25 heavy (non-hydrogen) atoms. The SMILES string of the molecule is CCC(CC)C1CCN(C(=NC)NCCCOCC2CCOC2)C1.I. The highest BCUT2D eigenvalue weighted by atomic mass is 127. The number of aliphatic imine (C=N–C) groups is 1. The molecule has 0 aromatic heterocycles. The quantitative estimate of drug-likeness (QED) is 0.245. The molecule has 2 atom stereocenters. The van der Waals surface area contributed by atoms with Crippen molar-refractivity contribution in [1.82, 2.24) is 10.2 Å². The van der Waals surface area contributed by atoms with Gasteiger partial charge in [-0.1, -0.05) is 26.7 Å². The van der Waals surface area contributed by atoms with Crippen LogP contribution in [-0.4, -0.2) is 64.0 Å². The Morgan fingerprint density at radius 3 is 2.76 bits per heavy atom. The zero-order valence-electron chi connectivity index (χ0n) is 16.3. The van der Waals surface area contributed by atoms with E-state index in [9.17, 15) is 0 Å². The van der Waals surface area contributed by atoms with Crippen LogP contribution in [-0.2, 0) is 9.47 Å². The van der Waals surface area contributed by atoms with Crippen LogP contribution in [0, 0.1) is 17.8 Å². The fourth-order valence-corrected chi connectivity index (χ4v) is 3.99. The number of halogens is 1. The number of guanidine groups is 1. The topological polar surface area (TPSA) is 46.1 Å². The van der Waals surface area contributed by atoms with Gasteiger partial charge in [0.15, 0.2) is 5.96 Å². The van der Waals surface area contributed by atoms with E-state index in [2.05, 4.69) is 29.1 Å². The monoisotopic (exact) mass is 467 g/mol. The van der Waals surface area contributed by atoms with Gasteiger partial charge in [0.05, 0.1) is 13.2 Å². The fourth-order valence-electron chi connectivity index (χ4n) is 3.99. The first-order valence-electron chi connectivity index (χ1n) is 9.89. The first kappa shape index (κ1) is 23.0. The van der Waals surface area contributed by atoms with E-state index in [0.717, 1.165) is 76.7 Å². The predicted molar refractivity (Wildman–Crippen MR) is 115 cm³/mol. The van der Waals surface area contributed by atoms with Gasteiger partial charge < -0.3 is 19.7 Å². The van der Waals surface area contributed by atoms with Crippen molar-refractivity contribution in [2.24, 2.45) is 22.7 Å². The smallest absolute Gasteiger partial charge is 0.193 e. The molecule has 2 saturated heterocycles. The number of rotatable bonds is 9. The number of nitrogens with one attached hydrogen (secondary N) is 1. The molecule has 148 valence electrons. The molecule has 5 nitrogen and oxygen atoms in total. The summed E-state index contributed by atoms with van der Waals surface area (Å²) >= 11 is 0. The summed E-state index contributed by atoms with van der Waals surface area (Å²) in [5.41, 5.74) is 0. The normalized spacial score (nSPS) is 24.0. The van der Waals surface area contributed by atoms with Gasteiger partial charge in [0, 0.05) is 45.8 Å². The Hall–Kier alpha value is -0.0800. The van der Waals surface area contributed by atoms with E-state index in [1.165, 1.54) is 19.3 Å². The van der Waals surface area contributed by atoms with Crippen LogP contribution in [0.25, 0.3) is 0 Å². The van der Waals surface area contributed by atoms with Crippen molar-refractivity contribution in [2.45, 2.75) is 46.0 Å². The van der Waals surface area contributed by atoms with E-state index in [4.69, 9.17) is 9.47 Å². The average Bonchev–Trinajstić information content (AvgIpc) is 3.27. The van der Waals surface area contributed by atoms with Gasteiger partial charge >= 0.3 is 0 Å². The minimum Gasteiger partial charge on any atom is -0.381 e. The number of hydrogen-bond donors (Lipinski definition) is 1. The van der Waals surface area contributed by atoms with Crippen LogP contribution in [0.15, 0.2) is 4.99 Å². The molecule has 1 N–H and O–H groups in total. The second kappa shape index (κ2) is 13.1. The molecule has 0 bridgehead atoms. The van der Waals surface area contributed by atoms with Crippen LogP contribution in [0.4, 0.5) is 0 Å². The molecule has 0 amide bonds. The van der Waals surface area contributed by atoms with Gasteiger partial charge in [0.25, 0.3) is 0 Å². The molecule has 2 heterocycles. The first-order chi connectivity index (χ1) is 11.8. The van der Waals surface area contributed by atoms with Gasteiger partial charge in [0.1, 0.15) is 0 Å². The largest absolute Gasteiger partial charge is 0.381 e. The molecular formula is C19H38IN3O2. The van der Waals surface area contributed by atoms with Crippen LogP contribution in [0.3, 0.4) is 0 Å². The van der Waals surface area contributed by atoms with Gasteiger partial charge in [-0.2, -0.15) is 0 Å². The molecule has 0 aliphatic carbocycles. The number of nitrogens with zero attached hydrogens (tertiary/aromatic N) is 2. The first-order valence-corrected chi connectivity index (χ1v) is 9.89. The van der Waals surface area contributed by atoms with Crippen LogP contribution in [0.1, 0.15) is 46.0 Å². The molecule has 2 unspecified atom stereocenters. The van der Waals surface area contributed by atoms with E-state index >= 15 is 0 Å². The van der Waals surface area contributed by atoms with E-state index in [0.29, 0.717) is 5.92 Å². The van der Waals surface area contributed by atoms with Crippen molar-refractivity contribution in [3.8, 4) is 0 Å². The van der Waals surface area contributed by atoms with E-state index in [-0.39, 0.29) is 24.0 Å². The van der Waals surface area contributed by atoms with Gasteiger partial charge in [-0.15, -0.1) is 24.0 Å². The zero-order valence-corrected chi connectivity index (χ0v) is 18.7. The van der Waals surface area contributed by atoms with Crippen molar-refractivity contribution in [1.29, 1.82) is 0 Å². The minimum absolute atomic E-state index is 0. The average molecular weight is 467 g/mol. The van der Waals surface area contributed by atoms with Crippen molar-refractivity contribution in [3.63, 3.8) is 0 Å². The summed E-state index contributed by atoms with van der Waals surface area (Å²) in [5, 5.41) is 3.51. The Bertz CT molecular complexity index is 372. The summed E-state index contributed by atoms with van der Waals surface area (Å²) in [7, 11) is 1.89. The molecule has 2 aliphatic heterocycles. The van der Waals surface area contributed by atoms with E-state index < -0.39 is 0 Å². The molecule has 0 aromatic carbocycles. The van der Waals surface area contributed by atoms with Crippen LogP contribution in [0.2, 0.25) is 0 Å². The molecule has 0 saturated carbocycles. The summed E-state index contributed by atoms with van der Waals surface area (Å²) < 4.78 is 11.1. The molecule has 6 heteroatoms. The van der Waals surface area contributed by atoms with Crippen LogP contribution < -0.4 is 5.32 Å². The van der Waals surface area contributed by atoms with Crippen molar-refractivity contribution in [3.05, 3.63) is 0 Å². The van der Waals surface area contributed by atoms with Gasteiger partial charge in [-0.3, -0.25) is 4.99 Å². The number of ether oxygens (including phenoxy) is 2. The number of hydrogen-bond acceptors (Lipinski definition) is 3. The van der Waals surface area contributed by atoms with Crippen LogP contribution in [0.5, 0.6) is 0 Å². The van der Waals surface area contributed by atoms with Crippen LogP contribution >= 0.6 is 24.0 Å². The third-order valence-corrected chi connectivity index (χ3v) is 5.58. The summed E-state index contributed by atoms with van der Waals surface area (Å²) in [4.78, 5) is 6.90. The molecule has 0 spiro atoms. The molecule has 2 aliphatic rings. The summed E-state index contributed by atoms with van der Waals surface area (Å²) in [6, 6.07) is 0. The minimum atomic E-state index is 0. The molecule has 2 fully saturated rings. The Labute approximate surface area is 171 Å². The van der Waals surface area contributed by atoms with Crippen molar-refractivity contribution < 1.29 is 9.47 Å². The molecule has 0 aromatic rings. The zero-order chi connectivity index (χ0) is 17.2. The summed E-state index contributed by atoms with van der Waals surface area (Å²) in [6.07, 6.45) is 6.07. The second-order valence-electron chi connectivity index (χ2n) is 7.20. The Morgan fingerprint density at radius 2 is 2.12 bits per heavy atom. The maximum atomic E-state index is 5.76. The molecular weight excluding hydrogens is 429 g/mol. The van der Waals surface area contributed by atoms with Gasteiger partial charge in [-0.05, 0) is 31.1 Å². The highest BCUT2D eigenvalue weighted by molar-refractivity contribution is 14.0. The van der Waals surface area contributed by atoms with Gasteiger partial charge in [0.2, 0.25) is 0 Å². The van der Waals surface area contributed by atoms with Gasteiger partial charge in [-0.25, -0.2) is 0 Å². The molecule has 0 radical (unpaired) electrons. The lowest BCUT2D eigenvalue weighted by Crippen LogP contribution is -2.41. The van der Waals surface area contributed by atoms with E-state index in [1.54, 1.807) is 0 Å². The Kier molecular flexibility index (Phi) is 12.1. The lowest BCUT2D eigenvalue weighted by atomic mass is 9.87. The summed E-state index contributed by atoms with van der Waals surface area (Å²) in [5.74, 6) is 3.36. The summed E-state index contributed by atoms with van der Waals surface area (Å²) in [6.45, 7) is 11.3. The number of likely N-dealkylation sites (tertiary alicyclic amines) is 1. The predicted octanol–water partition coefficient (Wildman–Crippen LogP) is 3.38. The van der Waals surface area contributed by atoms with E-state index in [1.807, 2.05) is 7.05 Å². The fraction of sp³-hybridized carbons (Fsp3) is 0.947.